The lowest BCUT2D eigenvalue weighted by Gasteiger charge is -2.24. The maximum atomic E-state index is 14.4. The van der Waals surface area contributed by atoms with E-state index in [0.29, 0.717) is 16.7 Å². The Morgan fingerprint density at radius 1 is 1.07 bits per heavy atom. The van der Waals surface area contributed by atoms with Crippen molar-refractivity contribution in [1.82, 2.24) is 29.4 Å². The summed E-state index contributed by atoms with van der Waals surface area (Å²) in [7, 11) is -3.71. The summed E-state index contributed by atoms with van der Waals surface area (Å²) in [6.45, 7) is 3.00. The highest BCUT2D eigenvalue weighted by molar-refractivity contribution is 7.89. The molecule has 40 heavy (non-hydrogen) atoms. The Bertz CT molecular complexity index is 1660. The van der Waals surface area contributed by atoms with Crippen LogP contribution in [-0.2, 0) is 21.4 Å². The highest BCUT2D eigenvalue weighted by atomic mass is 32.2. The van der Waals surface area contributed by atoms with E-state index in [1.165, 1.54) is 28.6 Å². The largest absolute Gasteiger partial charge is 0.335 e. The van der Waals surface area contributed by atoms with Crippen molar-refractivity contribution >= 4 is 32.6 Å². The van der Waals surface area contributed by atoms with Gasteiger partial charge in [0.1, 0.15) is 24.2 Å². The smallest absolute Gasteiger partial charge is 0.244 e. The van der Waals surface area contributed by atoms with Gasteiger partial charge in [-0.3, -0.25) is 14.3 Å². The first-order valence-electron chi connectivity index (χ1n) is 12.9. The number of carbonyl (C=O) groups excluding carboxylic acids is 2. The fraction of sp³-hybridized carbons (Fsp3) is 0.321. The summed E-state index contributed by atoms with van der Waals surface area (Å²) in [6, 6.07) is 13.0. The molecule has 1 N–H and O–H groups in total. The Balaban J connectivity index is 1.32. The molecule has 5 rings (SSSR count). The van der Waals surface area contributed by atoms with Crippen molar-refractivity contribution in [3.05, 3.63) is 72.4 Å². The number of nitrogens with one attached hydrogen (secondary N) is 1. The van der Waals surface area contributed by atoms with E-state index < -0.39 is 22.2 Å². The van der Waals surface area contributed by atoms with E-state index >= 15 is 0 Å². The number of alkyl halides is 1. The van der Waals surface area contributed by atoms with Crippen molar-refractivity contribution in [3.8, 4) is 11.1 Å². The third-order valence-electron chi connectivity index (χ3n) is 6.99. The first kappa shape index (κ1) is 27.5. The summed E-state index contributed by atoms with van der Waals surface area (Å²) in [5, 5.41) is 5.02. The predicted octanol–water partition coefficient (Wildman–Crippen LogP) is 3.31. The maximum absolute atomic E-state index is 14.4. The lowest BCUT2D eigenvalue weighted by molar-refractivity contribution is -0.133. The van der Waals surface area contributed by atoms with E-state index in [1.807, 2.05) is 12.1 Å². The van der Waals surface area contributed by atoms with Crippen LogP contribution in [0, 0.1) is 6.92 Å². The fourth-order valence-electron chi connectivity index (χ4n) is 4.98. The summed E-state index contributed by atoms with van der Waals surface area (Å²) in [5.74, 6) is 0.0403. The number of aryl methyl sites for hydroxylation is 1. The lowest BCUT2D eigenvalue weighted by Crippen LogP contribution is -2.40. The molecular formula is C28H29FN6O4S. The minimum Gasteiger partial charge on any atom is -0.335 e. The van der Waals surface area contributed by atoms with Gasteiger partial charge in [-0.1, -0.05) is 24.3 Å². The van der Waals surface area contributed by atoms with Crippen molar-refractivity contribution in [2.45, 2.75) is 50.3 Å². The number of rotatable bonds is 9. The molecule has 12 heteroatoms. The van der Waals surface area contributed by atoms with Crippen molar-refractivity contribution < 1.29 is 22.4 Å². The fourth-order valence-corrected chi connectivity index (χ4v) is 6.05. The highest BCUT2D eigenvalue weighted by Gasteiger charge is 2.35. The number of fused-ring (bicyclic) bond motifs is 1. The molecule has 0 spiro atoms. The molecule has 2 aromatic carbocycles. The molecule has 1 aliphatic heterocycles. The predicted molar refractivity (Wildman–Crippen MR) is 147 cm³/mol. The Labute approximate surface area is 231 Å². The number of nitrogens with zero attached hydrogens (tertiary/aromatic N) is 5. The second kappa shape index (κ2) is 11.2. The van der Waals surface area contributed by atoms with Crippen LogP contribution in [0.2, 0.25) is 0 Å². The summed E-state index contributed by atoms with van der Waals surface area (Å²) in [4.78, 5) is 35.8. The van der Waals surface area contributed by atoms with E-state index in [9.17, 15) is 22.4 Å². The maximum Gasteiger partial charge on any atom is 0.244 e. The van der Waals surface area contributed by atoms with E-state index in [1.54, 1.807) is 43.6 Å². The molecule has 4 aromatic rings. The number of sulfonamides is 1. The van der Waals surface area contributed by atoms with Gasteiger partial charge in [0.05, 0.1) is 17.0 Å². The van der Waals surface area contributed by atoms with Gasteiger partial charge in [-0.2, -0.15) is 5.10 Å². The van der Waals surface area contributed by atoms with Crippen LogP contribution in [0.1, 0.15) is 36.1 Å². The summed E-state index contributed by atoms with van der Waals surface area (Å²) < 4.78 is 43.5. The van der Waals surface area contributed by atoms with Gasteiger partial charge in [0.15, 0.2) is 5.78 Å². The number of halogens is 1. The first-order chi connectivity index (χ1) is 19.1. The van der Waals surface area contributed by atoms with Crippen LogP contribution in [0.25, 0.3) is 22.0 Å². The van der Waals surface area contributed by atoms with E-state index in [2.05, 4.69) is 19.8 Å². The van der Waals surface area contributed by atoms with Gasteiger partial charge in [-0.15, -0.1) is 0 Å². The Morgan fingerprint density at radius 3 is 2.50 bits per heavy atom. The highest BCUT2D eigenvalue weighted by Crippen LogP contribution is 2.28. The van der Waals surface area contributed by atoms with Crippen molar-refractivity contribution in [2.24, 2.45) is 0 Å². The van der Waals surface area contributed by atoms with E-state index in [4.69, 9.17) is 0 Å². The molecule has 1 fully saturated rings. The molecule has 0 unspecified atom stereocenters. The number of carbonyl (C=O) groups is 2. The number of ketones is 1. The zero-order valence-electron chi connectivity index (χ0n) is 22.1. The first-order valence-corrected chi connectivity index (χ1v) is 14.4. The van der Waals surface area contributed by atoms with Crippen LogP contribution in [0.15, 0.2) is 65.8 Å². The standard InChI is InChI=1S/C28H29FN6O4S/c1-18(36)28-25-12-20(21-14-30-19(2)31-15-21)8-9-26(25)35(33-28)17-27(37)34-16-22(29)13-23(34)10-11-32-40(38,39)24-6-4-3-5-7-24/h3-9,12,14-15,22-23,32H,10-11,13,16-17H2,1-2H3/t22-,23-/m1/s1. The SMILES string of the molecule is CC(=O)c1nn(CC(=O)N2C[C@H](F)C[C@H]2CCNS(=O)(=O)c2ccccc2)c2ccc(-c3cnc(C)nc3)cc12. The minimum atomic E-state index is -3.71. The van der Waals surface area contributed by atoms with Crippen LogP contribution in [0.4, 0.5) is 4.39 Å². The molecule has 0 saturated carbocycles. The topological polar surface area (TPSA) is 127 Å². The molecule has 0 bridgehead atoms. The molecule has 1 amide bonds. The molecule has 2 aromatic heterocycles. The van der Waals surface area contributed by atoms with Gasteiger partial charge >= 0.3 is 0 Å². The van der Waals surface area contributed by atoms with Gasteiger partial charge in [-0.05, 0) is 43.2 Å². The Morgan fingerprint density at radius 2 is 1.80 bits per heavy atom. The molecule has 3 heterocycles. The monoisotopic (exact) mass is 564 g/mol. The van der Waals surface area contributed by atoms with E-state index in [-0.39, 0.29) is 54.8 Å². The zero-order chi connectivity index (χ0) is 28.4. The Kier molecular flexibility index (Phi) is 7.72. The minimum absolute atomic E-state index is 0.0586. The number of likely N-dealkylation sites (tertiary alicyclic amines) is 1. The molecular weight excluding hydrogens is 535 g/mol. The second-order valence-corrected chi connectivity index (χ2v) is 11.6. The normalized spacial score (nSPS) is 17.4. The van der Waals surface area contributed by atoms with Crippen molar-refractivity contribution in [2.75, 3.05) is 13.1 Å². The molecule has 2 atom stereocenters. The number of amides is 1. The quantitative estimate of drug-likeness (QED) is 0.309. The summed E-state index contributed by atoms with van der Waals surface area (Å²) >= 11 is 0. The third-order valence-corrected chi connectivity index (χ3v) is 8.47. The van der Waals surface area contributed by atoms with Crippen molar-refractivity contribution in [3.63, 3.8) is 0 Å². The molecule has 1 aliphatic rings. The van der Waals surface area contributed by atoms with Gasteiger partial charge in [0, 0.05) is 49.3 Å². The molecule has 0 aliphatic carbocycles. The molecule has 208 valence electrons. The number of hydrogen-bond acceptors (Lipinski definition) is 7. The summed E-state index contributed by atoms with van der Waals surface area (Å²) in [6.07, 6.45) is 2.58. The average molecular weight is 565 g/mol. The summed E-state index contributed by atoms with van der Waals surface area (Å²) in [5.41, 5.74) is 2.41. The molecule has 0 radical (unpaired) electrons. The lowest BCUT2D eigenvalue weighted by atomic mass is 10.0. The Hall–Kier alpha value is -4.03. The van der Waals surface area contributed by atoms with Gasteiger partial charge in [0.25, 0.3) is 0 Å². The van der Waals surface area contributed by atoms with Gasteiger partial charge < -0.3 is 4.90 Å². The molecule has 1 saturated heterocycles. The van der Waals surface area contributed by atoms with Crippen LogP contribution >= 0.6 is 0 Å². The van der Waals surface area contributed by atoms with Crippen LogP contribution < -0.4 is 4.72 Å². The second-order valence-electron chi connectivity index (χ2n) is 9.85. The average Bonchev–Trinajstić information content (AvgIpc) is 3.49. The van der Waals surface area contributed by atoms with Crippen LogP contribution in [0.3, 0.4) is 0 Å². The van der Waals surface area contributed by atoms with E-state index in [0.717, 1.165) is 11.1 Å². The third kappa shape index (κ3) is 5.77. The zero-order valence-corrected chi connectivity index (χ0v) is 22.9. The number of hydrogen-bond donors (Lipinski definition) is 1. The van der Waals surface area contributed by atoms with Crippen LogP contribution in [-0.4, -0.2) is 70.1 Å². The van der Waals surface area contributed by atoms with Gasteiger partial charge in [0.2, 0.25) is 15.9 Å². The van der Waals surface area contributed by atoms with Crippen LogP contribution in [0.5, 0.6) is 0 Å². The van der Waals surface area contributed by atoms with Crippen molar-refractivity contribution in [1.29, 1.82) is 0 Å². The number of benzene rings is 2. The number of aromatic nitrogens is 4. The number of Topliss-reactive ketones (excluding diaryl/α,β-unsaturated/α-hetero) is 1. The molecule has 10 nitrogen and oxygen atoms in total. The van der Waals surface area contributed by atoms with Gasteiger partial charge in [-0.25, -0.2) is 27.5 Å².